The van der Waals surface area contributed by atoms with E-state index < -0.39 is 11.6 Å². The molecule has 8 heteroatoms. The van der Waals surface area contributed by atoms with Crippen LogP contribution in [0.25, 0.3) is 22.6 Å². The molecule has 0 aliphatic carbocycles. The maximum absolute atomic E-state index is 13.5. The summed E-state index contributed by atoms with van der Waals surface area (Å²) in [6.45, 7) is 0. The molecule has 130 valence electrons. The van der Waals surface area contributed by atoms with Crippen LogP contribution in [-0.4, -0.2) is 10.9 Å². The van der Waals surface area contributed by atoms with Gasteiger partial charge in [-0.1, -0.05) is 17.7 Å². The van der Waals surface area contributed by atoms with Crippen LogP contribution in [0.1, 0.15) is 9.67 Å². The number of aromatic nitrogens is 1. The van der Waals surface area contributed by atoms with E-state index in [4.69, 9.17) is 16.0 Å². The molecule has 2 aromatic carbocycles. The Kier molecular flexibility index (Phi) is 4.18. The smallest absolute Gasteiger partial charge is 0.265 e. The van der Waals surface area contributed by atoms with Crippen LogP contribution in [0.15, 0.2) is 52.3 Å². The molecule has 0 spiro atoms. The fourth-order valence-electron chi connectivity index (χ4n) is 2.41. The van der Waals surface area contributed by atoms with Gasteiger partial charge in [-0.2, -0.15) is 0 Å². The summed E-state index contributed by atoms with van der Waals surface area (Å²) in [4.78, 5) is 17.0. The predicted octanol–water partition coefficient (Wildman–Crippen LogP) is 5.74. The zero-order valence-corrected chi connectivity index (χ0v) is 14.5. The highest BCUT2D eigenvalue weighted by molar-refractivity contribution is 7.12. The second-order valence-corrected chi connectivity index (χ2v) is 6.73. The fraction of sp³-hybridized carbons (Fsp3) is 0. The zero-order valence-electron chi connectivity index (χ0n) is 12.9. The van der Waals surface area contributed by atoms with E-state index in [1.54, 1.807) is 30.3 Å². The lowest BCUT2D eigenvalue weighted by Crippen LogP contribution is -2.09. The molecular weight excluding hydrogens is 382 g/mol. The summed E-state index contributed by atoms with van der Waals surface area (Å²) in [6, 6.07) is 10.2. The molecule has 2 heterocycles. The van der Waals surface area contributed by atoms with Crippen molar-refractivity contribution in [1.29, 1.82) is 0 Å². The van der Waals surface area contributed by atoms with E-state index in [0.717, 1.165) is 12.1 Å². The van der Waals surface area contributed by atoms with E-state index in [-0.39, 0.29) is 22.4 Å². The van der Waals surface area contributed by atoms with Crippen molar-refractivity contribution in [1.82, 2.24) is 4.98 Å². The summed E-state index contributed by atoms with van der Waals surface area (Å²) in [5.74, 6) is -2.26. The normalized spacial score (nSPS) is 11.0. The van der Waals surface area contributed by atoms with Crippen LogP contribution in [0.2, 0.25) is 5.02 Å². The minimum atomic E-state index is -1.05. The summed E-state index contributed by atoms with van der Waals surface area (Å²) in [6.07, 6.45) is 0. The molecule has 4 rings (SSSR count). The van der Waals surface area contributed by atoms with Gasteiger partial charge >= 0.3 is 0 Å². The Labute approximate surface area is 155 Å². The number of benzene rings is 2. The van der Waals surface area contributed by atoms with Crippen molar-refractivity contribution in [3.8, 4) is 11.5 Å². The molecule has 1 N–H and O–H groups in total. The Morgan fingerprint density at radius 1 is 1.15 bits per heavy atom. The number of amides is 1. The molecule has 0 aliphatic heterocycles. The first-order valence-corrected chi connectivity index (χ1v) is 8.67. The Morgan fingerprint density at radius 3 is 2.73 bits per heavy atom. The summed E-state index contributed by atoms with van der Waals surface area (Å²) < 4.78 is 32.3. The second-order valence-electron chi connectivity index (χ2n) is 5.38. The van der Waals surface area contributed by atoms with Gasteiger partial charge in [0, 0.05) is 5.69 Å². The van der Waals surface area contributed by atoms with Crippen LogP contribution < -0.4 is 5.32 Å². The number of hydrogen-bond donors (Lipinski definition) is 1. The van der Waals surface area contributed by atoms with Crippen molar-refractivity contribution in [2.24, 2.45) is 0 Å². The first-order chi connectivity index (χ1) is 12.5. The van der Waals surface area contributed by atoms with Gasteiger partial charge in [0.2, 0.25) is 5.89 Å². The number of carbonyl (C=O) groups excluding carboxylic acids is 1. The Bertz CT molecular complexity index is 1130. The molecule has 2 aromatic heterocycles. The molecular formula is C18H9ClF2N2O2S. The van der Waals surface area contributed by atoms with Crippen molar-refractivity contribution in [3.05, 3.63) is 69.4 Å². The number of halogens is 3. The number of thiophene rings is 1. The van der Waals surface area contributed by atoms with Crippen LogP contribution in [0.5, 0.6) is 0 Å². The number of rotatable bonds is 3. The number of oxazole rings is 1. The molecule has 0 saturated carbocycles. The molecule has 0 radical (unpaired) electrons. The molecule has 0 aliphatic rings. The summed E-state index contributed by atoms with van der Waals surface area (Å²) >= 11 is 7.29. The number of nitrogens with one attached hydrogen (secondary N) is 1. The number of anilines is 1. The molecule has 4 nitrogen and oxygen atoms in total. The quantitative estimate of drug-likeness (QED) is 0.454. The Hall–Kier alpha value is -2.77. The SMILES string of the molecule is O=C(Nc1ccc2oc(-c3cc(F)c(F)cc3Cl)nc2c1)c1cccs1. The molecule has 1 amide bonds. The van der Waals surface area contributed by atoms with Crippen LogP contribution in [0.4, 0.5) is 14.5 Å². The minimum absolute atomic E-state index is 0.0123. The Morgan fingerprint density at radius 2 is 1.96 bits per heavy atom. The van der Waals surface area contributed by atoms with E-state index >= 15 is 0 Å². The zero-order chi connectivity index (χ0) is 18.3. The van der Waals surface area contributed by atoms with Gasteiger partial charge in [-0.25, -0.2) is 13.8 Å². The summed E-state index contributed by atoms with van der Waals surface area (Å²) in [5, 5.41) is 4.57. The maximum atomic E-state index is 13.5. The van der Waals surface area contributed by atoms with Gasteiger partial charge < -0.3 is 9.73 Å². The van der Waals surface area contributed by atoms with Gasteiger partial charge in [0.1, 0.15) is 5.52 Å². The standard InChI is InChI=1S/C18H9ClF2N2O2S/c19-11-8-13(21)12(20)7-10(11)18-23-14-6-9(3-4-15(14)25-18)22-17(24)16-2-1-5-26-16/h1-8H,(H,22,24). The molecule has 0 atom stereocenters. The van der Waals surface area contributed by atoms with E-state index in [9.17, 15) is 13.6 Å². The highest BCUT2D eigenvalue weighted by Crippen LogP contribution is 2.32. The number of hydrogen-bond acceptors (Lipinski definition) is 4. The number of carbonyl (C=O) groups is 1. The second kappa shape index (κ2) is 6.51. The van der Waals surface area contributed by atoms with E-state index in [1.165, 1.54) is 11.3 Å². The molecule has 0 saturated heterocycles. The summed E-state index contributed by atoms with van der Waals surface area (Å²) in [7, 11) is 0. The summed E-state index contributed by atoms with van der Waals surface area (Å²) in [5.41, 5.74) is 1.55. The van der Waals surface area contributed by atoms with Gasteiger partial charge in [-0.3, -0.25) is 4.79 Å². The van der Waals surface area contributed by atoms with Crippen LogP contribution in [0, 0.1) is 11.6 Å². The molecule has 0 fully saturated rings. The molecule has 0 unspecified atom stereocenters. The monoisotopic (exact) mass is 390 g/mol. The predicted molar refractivity (Wildman–Crippen MR) is 96.6 cm³/mol. The lowest BCUT2D eigenvalue weighted by atomic mass is 10.2. The van der Waals surface area contributed by atoms with Crippen LogP contribution >= 0.6 is 22.9 Å². The number of fused-ring (bicyclic) bond motifs is 1. The van der Waals surface area contributed by atoms with Gasteiger partial charge in [-0.05, 0) is 41.8 Å². The lowest BCUT2D eigenvalue weighted by Gasteiger charge is -2.02. The van der Waals surface area contributed by atoms with Gasteiger partial charge in [0.25, 0.3) is 5.91 Å². The third-order valence-corrected chi connectivity index (χ3v) is 4.81. The van der Waals surface area contributed by atoms with E-state index in [1.807, 2.05) is 5.38 Å². The van der Waals surface area contributed by atoms with Crippen molar-refractivity contribution < 1.29 is 18.0 Å². The fourth-order valence-corrected chi connectivity index (χ4v) is 3.26. The van der Waals surface area contributed by atoms with Crippen molar-refractivity contribution in [2.75, 3.05) is 5.32 Å². The van der Waals surface area contributed by atoms with Crippen molar-refractivity contribution >= 4 is 45.6 Å². The highest BCUT2D eigenvalue weighted by atomic mass is 35.5. The largest absolute Gasteiger partial charge is 0.436 e. The average molecular weight is 391 g/mol. The van der Waals surface area contributed by atoms with Gasteiger partial charge in [-0.15, -0.1) is 11.3 Å². The number of nitrogens with zero attached hydrogens (tertiary/aromatic N) is 1. The van der Waals surface area contributed by atoms with Crippen LogP contribution in [-0.2, 0) is 0 Å². The van der Waals surface area contributed by atoms with E-state index in [2.05, 4.69) is 10.3 Å². The average Bonchev–Trinajstić information content (AvgIpc) is 3.27. The molecule has 4 aromatic rings. The molecule has 0 bridgehead atoms. The minimum Gasteiger partial charge on any atom is -0.436 e. The third-order valence-electron chi connectivity index (χ3n) is 3.63. The topological polar surface area (TPSA) is 55.1 Å². The molecule has 26 heavy (non-hydrogen) atoms. The maximum Gasteiger partial charge on any atom is 0.265 e. The first-order valence-electron chi connectivity index (χ1n) is 7.41. The van der Waals surface area contributed by atoms with Crippen LogP contribution in [0.3, 0.4) is 0 Å². The van der Waals surface area contributed by atoms with Crippen molar-refractivity contribution in [3.63, 3.8) is 0 Å². The Balaban J connectivity index is 1.68. The third kappa shape index (κ3) is 3.07. The van der Waals surface area contributed by atoms with Crippen molar-refractivity contribution in [2.45, 2.75) is 0 Å². The highest BCUT2D eigenvalue weighted by Gasteiger charge is 2.16. The lowest BCUT2D eigenvalue weighted by molar-refractivity contribution is 0.103. The van der Waals surface area contributed by atoms with Gasteiger partial charge in [0.15, 0.2) is 17.2 Å². The first kappa shape index (κ1) is 16.7. The van der Waals surface area contributed by atoms with E-state index in [0.29, 0.717) is 21.7 Å². The van der Waals surface area contributed by atoms with Gasteiger partial charge in [0.05, 0.1) is 15.5 Å².